The van der Waals surface area contributed by atoms with Crippen LogP contribution in [0.25, 0.3) is 17.0 Å². The van der Waals surface area contributed by atoms with E-state index in [-0.39, 0.29) is 5.91 Å². The number of allylic oxidation sites excluding steroid dienone is 5. The molecule has 1 heterocycles. The Balaban J connectivity index is 1.30. The SMILES string of the molecule is O=C(Nc1cccc(Oc2ccc3c(/C=C/C4=CC=CCC4)n[nH]c3c2)c1)c1ccccc1. The first-order chi connectivity index (χ1) is 16.2. The van der Waals surface area contributed by atoms with E-state index in [2.05, 4.69) is 39.8 Å². The van der Waals surface area contributed by atoms with Gasteiger partial charge in [0, 0.05) is 28.8 Å². The number of rotatable bonds is 6. The van der Waals surface area contributed by atoms with Gasteiger partial charge in [-0.3, -0.25) is 9.89 Å². The van der Waals surface area contributed by atoms with E-state index < -0.39 is 0 Å². The fraction of sp³-hybridized carbons (Fsp3) is 0.0714. The lowest BCUT2D eigenvalue weighted by atomic mass is 10.0. The minimum atomic E-state index is -0.160. The quantitative estimate of drug-likeness (QED) is 0.348. The van der Waals surface area contributed by atoms with Crippen molar-refractivity contribution in [1.29, 1.82) is 0 Å². The van der Waals surface area contributed by atoms with Gasteiger partial charge in [-0.05, 0) is 60.9 Å². The van der Waals surface area contributed by atoms with Gasteiger partial charge in [0.05, 0.1) is 11.2 Å². The lowest BCUT2D eigenvalue weighted by Gasteiger charge is -2.09. The number of amides is 1. The molecule has 1 aromatic heterocycles. The van der Waals surface area contributed by atoms with Crippen LogP contribution in [0.15, 0.2) is 103 Å². The average Bonchev–Trinajstić information content (AvgIpc) is 3.26. The van der Waals surface area contributed by atoms with Crippen molar-refractivity contribution in [3.8, 4) is 11.5 Å². The molecule has 1 aliphatic rings. The fourth-order valence-electron chi connectivity index (χ4n) is 3.72. The number of ether oxygens (including phenoxy) is 1. The highest BCUT2D eigenvalue weighted by Crippen LogP contribution is 2.28. The minimum Gasteiger partial charge on any atom is -0.457 e. The maximum atomic E-state index is 12.4. The number of hydrogen-bond donors (Lipinski definition) is 2. The summed E-state index contributed by atoms with van der Waals surface area (Å²) in [5.41, 5.74) is 4.38. The summed E-state index contributed by atoms with van der Waals surface area (Å²) >= 11 is 0. The molecule has 162 valence electrons. The predicted molar refractivity (Wildman–Crippen MR) is 132 cm³/mol. The third-order valence-corrected chi connectivity index (χ3v) is 5.43. The summed E-state index contributed by atoms with van der Waals surface area (Å²) < 4.78 is 6.04. The highest BCUT2D eigenvalue weighted by Gasteiger charge is 2.08. The summed E-state index contributed by atoms with van der Waals surface area (Å²) in [4.78, 5) is 12.4. The van der Waals surface area contributed by atoms with Crippen LogP contribution >= 0.6 is 0 Å². The molecule has 3 aromatic carbocycles. The van der Waals surface area contributed by atoms with Crippen molar-refractivity contribution in [2.45, 2.75) is 12.8 Å². The minimum absolute atomic E-state index is 0.160. The topological polar surface area (TPSA) is 67.0 Å². The van der Waals surface area contributed by atoms with E-state index in [9.17, 15) is 4.79 Å². The van der Waals surface area contributed by atoms with E-state index in [4.69, 9.17) is 4.74 Å². The smallest absolute Gasteiger partial charge is 0.255 e. The Kier molecular flexibility index (Phi) is 5.85. The van der Waals surface area contributed by atoms with Gasteiger partial charge in [0.2, 0.25) is 0 Å². The number of hydrogen-bond acceptors (Lipinski definition) is 3. The van der Waals surface area contributed by atoms with Crippen LogP contribution in [0.5, 0.6) is 11.5 Å². The summed E-state index contributed by atoms with van der Waals surface area (Å²) in [6.45, 7) is 0. The molecule has 0 radical (unpaired) electrons. The van der Waals surface area contributed by atoms with Crippen LogP contribution in [0.2, 0.25) is 0 Å². The van der Waals surface area contributed by atoms with Gasteiger partial charge in [-0.15, -0.1) is 0 Å². The highest BCUT2D eigenvalue weighted by atomic mass is 16.5. The number of anilines is 1. The van der Waals surface area contributed by atoms with Crippen molar-refractivity contribution in [2.75, 3.05) is 5.32 Å². The molecule has 0 spiro atoms. The van der Waals surface area contributed by atoms with E-state index in [0.717, 1.165) is 29.4 Å². The van der Waals surface area contributed by atoms with Crippen molar-refractivity contribution in [3.05, 3.63) is 114 Å². The van der Waals surface area contributed by atoms with Crippen molar-refractivity contribution in [3.63, 3.8) is 0 Å². The van der Waals surface area contributed by atoms with Gasteiger partial charge < -0.3 is 10.1 Å². The third-order valence-electron chi connectivity index (χ3n) is 5.43. The zero-order valence-electron chi connectivity index (χ0n) is 18.0. The first kappa shape index (κ1) is 20.5. The molecule has 2 N–H and O–H groups in total. The zero-order valence-corrected chi connectivity index (χ0v) is 18.0. The molecule has 0 unspecified atom stereocenters. The molecule has 4 aromatic rings. The van der Waals surface area contributed by atoms with E-state index in [1.165, 1.54) is 5.57 Å². The molecule has 1 aliphatic carbocycles. The third kappa shape index (κ3) is 4.93. The number of nitrogens with zero attached hydrogens (tertiary/aromatic N) is 1. The number of H-pyrrole nitrogens is 1. The number of carbonyl (C=O) groups is 1. The van der Waals surface area contributed by atoms with Crippen molar-refractivity contribution in [1.82, 2.24) is 10.2 Å². The molecule has 0 atom stereocenters. The summed E-state index contributed by atoms with van der Waals surface area (Å²) in [5, 5.41) is 11.5. The lowest BCUT2D eigenvalue weighted by molar-refractivity contribution is 0.102. The van der Waals surface area contributed by atoms with E-state index >= 15 is 0 Å². The zero-order chi connectivity index (χ0) is 22.5. The van der Waals surface area contributed by atoms with Gasteiger partial charge in [0.25, 0.3) is 5.91 Å². The molecule has 5 nitrogen and oxygen atoms in total. The normalized spacial score (nSPS) is 13.3. The standard InChI is InChI=1S/C28H23N3O2/c32-28(21-10-5-2-6-11-21)29-22-12-7-13-23(18-22)33-24-15-16-25-26(30-31-27(25)19-24)17-14-20-8-3-1-4-9-20/h1-3,5-8,10-19H,4,9H2,(H,29,32)(H,30,31)/b17-14+. The van der Waals surface area contributed by atoms with Crippen LogP contribution in [-0.2, 0) is 0 Å². The van der Waals surface area contributed by atoms with Gasteiger partial charge >= 0.3 is 0 Å². The first-order valence-corrected chi connectivity index (χ1v) is 10.9. The Bertz CT molecular complexity index is 1380. The van der Waals surface area contributed by atoms with Gasteiger partial charge in [-0.25, -0.2) is 0 Å². The summed E-state index contributed by atoms with van der Waals surface area (Å²) in [5.74, 6) is 1.16. The monoisotopic (exact) mass is 433 g/mol. The number of aromatic amines is 1. The maximum absolute atomic E-state index is 12.4. The lowest BCUT2D eigenvalue weighted by Crippen LogP contribution is -2.11. The maximum Gasteiger partial charge on any atom is 0.255 e. The number of nitrogens with one attached hydrogen (secondary N) is 2. The van der Waals surface area contributed by atoms with Crippen LogP contribution in [0.3, 0.4) is 0 Å². The molecule has 0 bridgehead atoms. The Labute approximate surface area is 192 Å². The number of carbonyl (C=O) groups excluding carboxylic acids is 1. The van der Waals surface area contributed by atoms with E-state index in [1.54, 1.807) is 18.2 Å². The Morgan fingerprint density at radius 3 is 2.70 bits per heavy atom. The second kappa shape index (κ2) is 9.40. The summed E-state index contributed by atoms with van der Waals surface area (Å²) in [6.07, 6.45) is 12.7. The molecular formula is C28H23N3O2. The number of aromatic nitrogens is 2. The van der Waals surface area contributed by atoms with Crippen LogP contribution in [0.1, 0.15) is 28.9 Å². The number of fused-ring (bicyclic) bond motifs is 1. The van der Waals surface area contributed by atoms with Crippen LogP contribution in [0, 0.1) is 0 Å². The second-order valence-corrected chi connectivity index (χ2v) is 7.81. The molecular weight excluding hydrogens is 410 g/mol. The van der Waals surface area contributed by atoms with Crippen LogP contribution < -0.4 is 10.1 Å². The molecule has 0 aliphatic heterocycles. The van der Waals surface area contributed by atoms with Gasteiger partial charge in [0.15, 0.2) is 0 Å². The second-order valence-electron chi connectivity index (χ2n) is 7.81. The Morgan fingerprint density at radius 2 is 1.85 bits per heavy atom. The van der Waals surface area contributed by atoms with Gasteiger partial charge in [-0.2, -0.15) is 5.10 Å². The molecule has 33 heavy (non-hydrogen) atoms. The van der Waals surface area contributed by atoms with Crippen molar-refractivity contribution < 1.29 is 9.53 Å². The first-order valence-electron chi connectivity index (χ1n) is 10.9. The van der Waals surface area contributed by atoms with Gasteiger partial charge in [0.1, 0.15) is 11.5 Å². The number of benzene rings is 3. The van der Waals surface area contributed by atoms with Gasteiger partial charge in [-0.1, -0.05) is 48.6 Å². The molecule has 0 saturated heterocycles. The Morgan fingerprint density at radius 1 is 0.970 bits per heavy atom. The molecule has 0 saturated carbocycles. The molecule has 5 heteroatoms. The molecule has 5 rings (SSSR count). The highest BCUT2D eigenvalue weighted by molar-refractivity contribution is 6.04. The average molecular weight is 434 g/mol. The molecule has 0 fully saturated rings. The summed E-state index contributed by atoms with van der Waals surface area (Å²) in [7, 11) is 0. The fourth-order valence-corrected chi connectivity index (χ4v) is 3.72. The van der Waals surface area contributed by atoms with Crippen LogP contribution in [-0.4, -0.2) is 16.1 Å². The van der Waals surface area contributed by atoms with E-state index in [1.807, 2.05) is 60.7 Å². The summed E-state index contributed by atoms with van der Waals surface area (Å²) in [6, 6.07) is 22.3. The van der Waals surface area contributed by atoms with E-state index in [0.29, 0.717) is 22.7 Å². The van der Waals surface area contributed by atoms with Crippen molar-refractivity contribution in [2.24, 2.45) is 0 Å². The Hall–Kier alpha value is -4.38. The molecule has 1 amide bonds. The predicted octanol–water partition coefficient (Wildman–Crippen LogP) is 6.90. The van der Waals surface area contributed by atoms with Crippen molar-refractivity contribution >= 4 is 28.6 Å². The largest absolute Gasteiger partial charge is 0.457 e. The van der Waals surface area contributed by atoms with Crippen LogP contribution in [0.4, 0.5) is 5.69 Å².